The number of sulfonamides is 1. The van der Waals surface area contributed by atoms with E-state index in [0.717, 1.165) is 36.3 Å². The molecule has 1 saturated heterocycles. The van der Waals surface area contributed by atoms with E-state index >= 15 is 0 Å². The Morgan fingerprint density at radius 3 is 2.41 bits per heavy atom. The molecule has 190 valence electrons. The smallest absolute Gasteiger partial charge is 0.261 e. The zero-order valence-electron chi connectivity index (χ0n) is 20.9. The molecule has 4 aromatic carbocycles. The van der Waals surface area contributed by atoms with Crippen molar-refractivity contribution in [3.8, 4) is 0 Å². The van der Waals surface area contributed by atoms with Gasteiger partial charge in [0.25, 0.3) is 15.9 Å². The number of benzene rings is 4. The highest BCUT2D eigenvalue weighted by Crippen LogP contribution is 2.26. The molecule has 1 fully saturated rings. The van der Waals surface area contributed by atoms with Crippen LogP contribution in [0.1, 0.15) is 35.7 Å². The maximum absolute atomic E-state index is 13.0. The van der Waals surface area contributed by atoms with Crippen LogP contribution >= 0.6 is 0 Å². The van der Waals surface area contributed by atoms with Crippen LogP contribution in [0.4, 0.5) is 11.4 Å². The molecule has 1 amide bonds. The number of nitrogens with one attached hydrogen (secondary N) is 2. The fraction of sp³-hybridized carbons (Fsp3) is 0.233. The first-order valence-electron chi connectivity index (χ1n) is 12.6. The third-order valence-corrected chi connectivity index (χ3v) is 8.20. The minimum absolute atomic E-state index is 0.120. The van der Waals surface area contributed by atoms with E-state index < -0.39 is 10.0 Å². The largest absolute Gasteiger partial charge is 0.322 e. The SMILES string of the molecule is C[C@H]1CCCN(Cc2ccc(C(=O)Nc3ccc(S(=O)(=O)Nc4cccc5ccccc45)cc3)cc2)C1. The third kappa shape index (κ3) is 6.01. The van der Waals surface area contributed by atoms with Gasteiger partial charge in [-0.2, -0.15) is 0 Å². The van der Waals surface area contributed by atoms with E-state index in [1.165, 1.54) is 30.5 Å². The molecule has 0 aromatic heterocycles. The summed E-state index contributed by atoms with van der Waals surface area (Å²) in [6.07, 6.45) is 2.53. The first-order valence-corrected chi connectivity index (χ1v) is 14.1. The minimum atomic E-state index is -3.79. The Morgan fingerprint density at radius 1 is 0.919 bits per heavy atom. The molecule has 1 heterocycles. The van der Waals surface area contributed by atoms with Crippen LogP contribution in [0.15, 0.2) is 95.9 Å². The highest BCUT2D eigenvalue weighted by Gasteiger charge is 2.17. The van der Waals surface area contributed by atoms with Gasteiger partial charge < -0.3 is 5.32 Å². The van der Waals surface area contributed by atoms with Crippen molar-refractivity contribution in [1.29, 1.82) is 0 Å². The van der Waals surface area contributed by atoms with Crippen molar-refractivity contribution < 1.29 is 13.2 Å². The van der Waals surface area contributed by atoms with Gasteiger partial charge >= 0.3 is 0 Å². The highest BCUT2D eigenvalue weighted by molar-refractivity contribution is 7.92. The van der Waals surface area contributed by atoms with Crippen LogP contribution in [0.3, 0.4) is 0 Å². The van der Waals surface area contributed by atoms with Crippen molar-refractivity contribution in [1.82, 2.24) is 4.90 Å². The molecule has 7 heteroatoms. The molecule has 0 bridgehead atoms. The third-order valence-electron chi connectivity index (χ3n) is 6.82. The summed E-state index contributed by atoms with van der Waals surface area (Å²) in [7, 11) is -3.79. The van der Waals surface area contributed by atoms with Crippen molar-refractivity contribution in [2.45, 2.75) is 31.2 Å². The number of rotatable bonds is 7. The quantitative estimate of drug-likeness (QED) is 0.312. The van der Waals surface area contributed by atoms with E-state index in [9.17, 15) is 13.2 Å². The number of likely N-dealkylation sites (tertiary alicyclic amines) is 1. The van der Waals surface area contributed by atoms with Crippen LogP contribution in [-0.4, -0.2) is 32.3 Å². The van der Waals surface area contributed by atoms with Gasteiger partial charge in [0.2, 0.25) is 0 Å². The fourth-order valence-electron chi connectivity index (χ4n) is 4.89. The topological polar surface area (TPSA) is 78.5 Å². The number of hydrogen-bond acceptors (Lipinski definition) is 4. The summed E-state index contributed by atoms with van der Waals surface area (Å²) in [5, 5.41) is 4.63. The summed E-state index contributed by atoms with van der Waals surface area (Å²) in [6, 6.07) is 27.0. The van der Waals surface area contributed by atoms with Crippen molar-refractivity contribution in [3.63, 3.8) is 0 Å². The van der Waals surface area contributed by atoms with Gasteiger partial charge in [-0.1, -0.05) is 55.5 Å². The average molecular weight is 514 g/mol. The number of amides is 1. The van der Waals surface area contributed by atoms with Gasteiger partial charge in [-0.25, -0.2) is 8.42 Å². The van der Waals surface area contributed by atoms with Gasteiger partial charge in [0.1, 0.15) is 0 Å². The molecule has 4 aromatic rings. The van der Waals surface area contributed by atoms with Crippen LogP contribution in [0.25, 0.3) is 10.8 Å². The number of nitrogens with zero attached hydrogens (tertiary/aromatic N) is 1. The number of hydrogen-bond donors (Lipinski definition) is 2. The Hall–Kier alpha value is -3.68. The lowest BCUT2D eigenvalue weighted by molar-refractivity contribution is 0.102. The molecule has 6 nitrogen and oxygen atoms in total. The lowest BCUT2D eigenvalue weighted by Crippen LogP contribution is -2.33. The Morgan fingerprint density at radius 2 is 1.65 bits per heavy atom. The second-order valence-corrected chi connectivity index (χ2v) is 11.5. The van der Waals surface area contributed by atoms with Crippen molar-refractivity contribution >= 4 is 38.1 Å². The van der Waals surface area contributed by atoms with Crippen LogP contribution in [-0.2, 0) is 16.6 Å². The molecule has 1 atom stereocenters. The van der Waals surface area contributed by atoms with E-state index in [2.05, 4.69) is 21.9 Å². The Labute approximate surface area is 218 Å². The molecular weight excluding hydrogens is 482 g/mol. The predicted molar refractivity (Wildman–Crippen MR) is 149 cm³/mol. The second-order valence-electron chi connectivity index (χ2n) is 9.79. The summed E-state index contributed by atoms with van der Waals surface area (Å²) in [5.74, 6) is 0.497. The number of fused-ring (bicyclic) bond motifs is 1. The van der Waals surface area contributed by atoms with E-state index in [1.807, 2.05) is 60.7 Å². The maximum atomic E-state index is 13.0. The molecule has 5 rings (SSSR count). The van der Waals surface area contributed by atoms with Crippen molar-refractivity contribution in [2.24, 2.45) is 5.92 Å². The van der Waals surface area contributed by atoms with Gasteiger partial charge in [0.05, 0.1) is 10.6 Å². The molecule has 0 unspecified atom stereocenters. The van der Waals surface area contributed by atoms with Gasteiger partial charge in [0, 0.05) is 29.7 Å². The zero-order chi connectivity index (χ0) is 25.8. The van der Waals surface area contributed by atoms with Crippen LogP contribution in [0, 0.1) is 5.92 Å². The average Bonchev–Trinajstić information content (AvgIpc) is 2.89. The van der Waals surface area contributed by atoms with Crippen molar-refractivity contribution in [2.75, 3.05) is 23.1 Å². The van der Waals surface area contributed by atoms with E-state index in [4.69, 9.17) is 0 Å². The standard InChI is InChI=1S/C30H31N3O3S/c1-22-6-5-19-33(20-22)21-23-11-13-25(14-12-23)30(34)31-26-15-17-27(18-16-26)37(35,36)32-29-10-4-8-24-7-2-3-9-28(24)29/h2-4,7-18,22,32H,5-6,19-21H2,1H3,(H,31,34)/t22-/m0/s1. The number of anilines is 2. The molecule has 37 heavy (non-hydrogen) atoms. The molecule has 1 aliphatic heterocycles. The van der Waals surface area contributed by atoms with Gasteiger partial charge in [-0.15, -0.1) is 0 Å². The van der Waals surface area contributed by atoms with Gasteiger partial charge in [-0.3, -0.25) is 14.4 Å². The molecule has 2 N–H and O–H groups in total. The van der Waals surface area contributed by atoms with Gasteiger partial charge in [0.15, 0.2) is 0 Å². The summed E-state index contributed by atoms with van der Waals surface area (Å²) >= 11 is 0. The zero-order valence-corrected chi connectivity index (χ0v) is 21.7. The Kier molecular flexibility index (Phi) is 7.26. The van der Waals surface area contributed by atoms with Crippen molar-refractivity contribution in [3.05, 3.63) is 102 Å². The van der Waals surface area contributed by atoms with Gasteiger partial charge in [-0.05, 0) is 78.7 Å². The summed E-state index contributed by atoms with van der Waals surface area (Å²) in [5.41, 5.74) is 2.80. The normalized spacial score (nSPS) is 16.4. The molecule has 0 spiro atoms. The van der Waals surface area contributed by atoms with E-state index in [1.54, 1.807) is 18.2 Å². The van der Waals surface area contributed by atoms with Crippen LogP contribution in [0.5, 0.6) is 0 Å². The van der Waals surface area contributed by atoms with Crippen LogP contribution in [0.2, 0.25) is 0 Å². The molecule has 0 radical (unpaired) electrons. The summed E-state index contributed by atoms with van der Waals surface area (Å²) in [4.78, 5) is 15.3. The summed E-state index contributed by atoms with van der Waals surface area (Å²) in [6.45, 7) is 5.43. The maximum Gasteiger partial charge on any atom is 0.261 e. The molecular formula is C30H31N3O3S. The monoisotopic (exact) mass is 513 g/mol. The Balaban J connectivity index is 1.22. The summed E-state index contributed by atoms with van der Waals surface area (Å²) < 4.78 is 28.7. The molecule has 0 aliphatic carbocycles. The molecule has 1 aliphatic rings. The number of carbonyl (C=O) groups excluding carboxylic acids is 1. The minimum Gasteiger partial charge on any atom is -0.322 e. The lowest BCUT2D eigenvalue weighted by atomic mass is 9.99. The fourth-order valence-corrected chi connectivity index (χ4v) is 5.97. The lowest BCUT2D eigenvalue weighted by Gasteiger charge is -2.30. The first kappa shape index (κ1) is 25.0. The van der Waals surface area contributed by atoms with Crippen LogP contribution < -0.4 is 10.0 Å². The van der Waals surface area contributed by atoms with E-state index in [-0.39, 0.29) is 10.8 Å². The second kappa shape index (κ2) is 10.7. The predicted octanol–water partition coefficient (Wildman–Crippen LogP) is 6.12. The number of piperidine rings is 1. The molecule has 0 saturated carbocycles. The Bertz CT molecular complexity index is 1490. The van der Waals surface area contributed by atoms with E-state index in [0.29, 0.717) is 16.9 Å². The highest BCUT2D eigenvalue weighted by atomic mass is 32.2. The first-order chi connectivity index (χ1) is 17.9. The number of carbonyl (C=O) groups is 1.